The fourth-order valence-electron chi connectivity index (χ4n) is 9.73. The number of allylic oxidation sites excluding steroid dienone is 2. The van der Waals surface area contributed by atoms with Crippen LogP contribution in [0.1, 0.15) is 42.4 Å². The van der Waals surface area contributed by atoms with E-state index in [4.69, 9.17) is 21.4 Å². The summed E-state index contributed by atoms with van der Waals surface area (Å²) in [5, 5.41) is 17.3. The minimum Gasteiger partial charge on any atom is -0.504 e. The van der Waals surface area contributed by atoms with Crippen molar-refractivity contribution in [3.8, 4) is 22.1 Å². The molecule has 6 unspecified atom stereocenters. The quantitative estimate of drug-likeness (QED) is 0.104. The highest BCUT2D eigenvalue weighted by Gasteiger charge is 2.68. The number of amides is 4. The molecule has 9 rings (SSSR count). The average molecular weight is 887 g/mol. The minimum atomic E-state index is -1.28. The van der Waals surface area contributed by atoms with Gasteiger partial charge in [-0.1, -0.05) is 53.6 Å². The Hall–Kier alpha value is -4.53. The Kier molecular flexibility index (Phi) is 8.55. The number of phenols is 1. The van der Waals surface area contributed by atoms with E-state index in [1.807, 2.05) is 97.1 Å². The first-order chi connectivity index (χ1) is 26.3. The second-order valence-corrected chi connectivity index (χ2v) is 17.8. The lowest BCUT2D eigenvalue weighted by Gasteiger charge is -2.49. The van der Waals surface area contributed by atoms with Crippen molar-refractivity contribution in [1.29, 1.82) is 0 Å². The first kappa shape index (κ1) is 36.1. The maximum absolute atomic E-state index is 15.2. The summed E-state index contributed by atoms with van der Waals surface area (Å²) >= 11 is 9.94. The van der Waals surface area contributed by atoms with Gasteiger partial charge in [0.05, 0.1) is 45.3 Å². The van der Waals surface area contributed by atoms with Gasteiger partial charge >= 0.3 is 0 Å². The summed E-state index contributed by atoms with van der Waals surface area (Å²) in [5.74, 6) is -3.82. The van der Waals surface area contributed by atoms with Gasteiger partial charge in [0.2, 0.25) is 23.6 Å². The Balaban J connectivity index is 1.15. The number of thiophene rings is 1. The number of likely N-dealkylation sites (tertiary alicyclic amines) is 1. The number of aromatic hydroxyl groups is 1. The summed E-state index contributed by atoms with van der Waals surface area (Å²) < 4.78 is 8.74. The smallest absolute Gasteiger partial charge is 0.242 e. The molecule has 1 N–H and O–H groups in total. The number of nitrogens with zero attached hydrogens (tertiary/aromatic N) is 4. The van der Waals surface area contributed by atoms with Crippen LogP contribution in [0.15, 0.2) is 78.4 Å². The van der Waals surface area contributed by atoms with E-state index in [1.54, 1.807) is 35.2 Å². The fourth-order valence-corrected chi connectivity index (χ4v) is 11.7. The van der Waals surface area contributed by atoms with Crippen LogP contribution in [0.4, 0.5) is 5.82 Å². The number of imide groups is 2. The predicted molar refractivity (Wildman–Crippen MR) is 218 cm³/mol. The van der Waals surface area contributed by atoms with Crippen molar-refractivity contribution in [1.82, 2.24) is 14.7 Å². The standard InChI is InChI=1S/C42H36ClIN4O6S/c1-20-26-16-23(43)10-13-32(26)55-37(20)30-18-33(46(3)45-30)48-39(51)28-17-27-24(35(42(28,2)41(48)53)22-14-29(44)36(49)31(15-22)54-4)11-12-25-34(27)40(52)47(38(25)50)19-21-8-6-5-7-9-21/h5-11,13-16,18,25,27-28,34-35,49H,12,17,19H2,1-4H3. The van der Waals surface area contributed by atoms with Crippen molar-refractivity contribution in [3.05, 3.63) is 104 Å². The van der Waals surface area contributed by atoms with Crippen molar-refractivity contribution < 1.29 is 29.0 Å². The van der Waals surface area contributed by atoms with Crippen LogP contribution in [-0.2, 0) is 32.8 Å². The third-order valence-corrected chi connectivity index (χ3v) is 14.7. The molecule has 3 aromatic carbocycles. The zero-order valence-corrected chi connectivity index (χ0v) is 34.1. The molecule has 4 heterocycles. The van der Waals surface area contributed by atoms with Gasteiger partial charge in [-0.3, -0.25) is 28.8 Å². The molecule has 0 spiro atoms. The summed E-state index contributed by atoms with van der Waals surface area (Å²) in [6.45, 7) is 4.03. The monoisotopic (exact) mass is 886 g/mol. The molecule has 55 heavy (non-hydrogen) atoms. The number of hydrogen-bond donors (Lipinski definition) is 1. The van der Waals surface area contributed by atoms with Gasteiger partial charge in [0.15, 0.2) is 11.5 Å². The van der Waals surface area contributed by atoms with Gasteiger partial charge in [-0.15, -0.1) is 11.3 Å². The molecular formula is C42H36ClIN4O6S. The van der Waals surface area contributed by atoms with E-state index in [9.17, 15) is 19.5 Å². The van der Waals surface area contributed by atoms with Crippen molar-refractivity contribution >= 4 is 85.1 Å². The SMILES string of the molecule is COc1cc(C2C3=CCC4C(=O)N(Cc5ccccc5)C(=O)C4C3CC3C(=O)N(c4cc(-c5sc6ccc(Cl)cc6c5C)nn4C)C(=O)C32C)cc(I)c1O. The summed E-state index contributed by atoms with van der Waals surface area (Å²) in [6.07, 6.45) is 2.60. The number of carbonyl (C=O) groups is 4. The van der Waals surface area contributed by atoms with E-state index in [0.29, 0.717) is 32.1 Å². The molecule has 0 radical (unpaired) electrons. The van der Waals surface area contributed by atoms with Gasteiger partial charge in [0, 0.05) is 28.8 Å². The van der Waals surface area contributed by atoms with Crippen LogP contribution < -0.4 is 9.64 Å². The zero-order valence-electron chi connectivity index (χ0n) is 30.4. The largest absolute Gasteiger partial charge is 0.504 e. The fraction of sp³-hybridized carbons (Fsp3) is 0.310. The number of anilines is 1. The van der Waals surface area contributed by atoms with E-state index in [1.165, 1.54) is 16.9 Å². The van der Waals surface area contributed by atoms with Crippen LogP contribution in [-0.4, -0.2) is 50.5 Å². The van der Waals surface area contributed by atoms with Crippen LogP contribution in [0.3, 0.4) is 0 Å². The minimum absolute atomic E-state index is 0.0246. The van der Waals surface area contributed by atoms with Crippen LogP contribution in [0.2, 0.25) is 5.02 Å². The number of hydrogen-bond acceptors (Lipinski definition) is 8. The average Bonchev–Trinajstić information content (AvgIpc) is 3.84. The molecule has 10 nitrogen and oxygen atoms in total. The molecule has 2 saturated heterocycles. The molecule has 3 fully saturated rings. The molecule has 4 amide bonds. The van der Waals surface area contributed by atoms with Crippen LogP contribution >= 0.6 is 45.5 Å². The molecule has 4 aliphatic rings. The lowest BCUT2D eigenvalue weighted by molar-refractivity contribution is -0.141. The number of aryl methyl sites for hydroxylation is 2. The molecular weight excluding hydrogens is 851 g/mol. The number of aromatic nitrogens is 2. The van der Waals surface area contributed by atoms with Crippen LogP contribution in [0, 0.1) is 39.6 Å². The Morgan fingerprint density at radius 2 is 1.78 bits per heavy atom. The maximum Gasteiger partial charge on any atom is 0.242 e. The molecule has 280 valence electrons. The van der Waals surface area contributed by atoms with E-state index >= 15 is 4.79 Å². The lowest BCUT2D eigenvalue weighted by atomic mass is 9.51. The summed E-state index contributed by atoms with van der Waals surface area (Å²) in [7, 11) is 3.20. The second-order valence-electron chi connectivity index (χ2n) is 15.2. The maximum atomic E-state index is 15.2. The molecule has 2 aliphatic heterocycles. The Bertz CT molecular complexity index is 2530. The van der Waals surface area contributed by atoms with Crippen LogP contribution in [0.5, 0.6) is 11.5 Å². The van der Waals surface area contributed by atoms with E-state index in [-0.39, 0.29) is 48.1 Å². The number of fused-ring (bicyclic) bond motifs is 5. The predicted octanol–water partition coefficient (Wildman–Crippen LogP) is 8.01. The van der Waals surface area contributed by atoms with Gasteiger partial charge < -0.3 is 9.84 Å². The zero-order chi connectivity index (χ0) is 38.7. The third-order valence-electron chi connectivity index (χ3n) is 12.4. The number of rotatable bonds is 6. The number of benzene rings is 3. The van der Waals surface area contributed by atoms with Gasteiger partial charge in [0.1, 0.15) is 11.5 Å². The summed E-state index contributed by atoms with van der Waals surface area (Å²) in [5.41, 5.74) is 2.77. The van der Waals surface area contributed by atoms with Crippen molar-refractivity contribution in [3.63, 3.8) is 0 Å². The number of halogens is 2. The lowest BCUT2D eigenvalue weighted by Crippen LogP contribution is -2.49. The topological polar surface area (TPSA) is 122 Å². The Labute approximate surface area is 339 Å². The second kappa shape index (κ2) is 13.0. The first-order valence-electron chi connectivity index (χ1n) is 18.1. The molecule has 2 aromatic heterocycles. The van der Waals surface area contributed by atoms with Gasteiger partial charge in [-0.25, -0.2) is 4.90 Å². The highest BCUT2D eigenvalue weighted by molar-refractivity contribution is 14.1. The molecule has 0 bridgehead atoms. The van der Waals surface area contributed by atoms with Gasteiger partial charge in [0.25, 0.3) is 0 Å². The Morgan fingerprint density at radius 1 is 1.02 bits per heavy atom. The van der Waals surface area contributed by atoms with Crippen molar-refractivity contribution in [2.75, 3.05) is 12.0 Å². The van der Waals surface area contributed by atoms with Gasteiger partial charge in [-0.2, -0.15) is 5.10 Å². The molecule has 1 saturated carbocycles. The normalized spacial score (nSPS) is 26.1. The third kappa shape index (κ3) is 5.27. The summed E-state index contributed by atoms with van der Waals surface area (Å²) in [4.78, 5) is 62.0. The van der Waals surface area contributed by atoms with Gasteiger partial charge in [-0.05, 0) is 108 Å². The first-order valence-corrected chi connectivity index (χ1v) is 20.4. The number of methoxy groups -OCH3 is 1. The van der Waals surface area contributed by atoms with Crippen molar-refractivity contribution in [2.45, 2.75) is 39.2 Å². The molecule has 13 heteroatoms. The van der Waals surface area contributed by atoms with Crippen molar-refractivity contribution in [2.24, 2.45) is 36.1 Å². The molecule has 6 atom stereocenters. The molecule has 5 aromatic rings. The summed E-state index contributed by atoms with van der Waals surface area (Å²) in [6, 6.07) is 20.5. The number of ether oxygens (including phenoxy) is 1. The van der Waals surface area contributed by atoms with E-state index < -0.39 is 35.0 Å². The van der Waals surface area contributed by atoms with E-state index in [0.717, 1.165) is 31.7 Å². The van der Waals surface area contributed by atoms with E-state index in [2.05, 4.69) is 0 Å². The Morgan fingerprint density at radius 3 is 2.53 bits per heavy atom. The highest BCUT2D eigenvalue weighted by atomic mass is 127. The number of carbonyl (C=O) groups excluding carboxylic acids is 4. The van der Waals surface area contributed by atoms with Crippen LogP contribution in [0.25, 0.3) is 20.7 Å². The highest BCUT2D eigenvalue weighted by Crippen LogP contribution is 2.64. The number of phenolic OH excluding ortho intramolecular Hbond substituents is 1. The molecule has 2 aliphatic carbocycles.